The normalized spacial score (nSPS) is 10.5. The number of nitrogens with one attached hydrogen (secondary N) is 1. The fourth-order valence-electron chi connectivity index (χ4n) is 1.59. The number of H-pyrrole nitrogens is 1. The molecule has 1 aromatic heterocycles. The van der Waals surface area contributed by atoms with Crippen LogP contribution < -0.4 is 5.56 Å². The highest BCUT2D eigenvalue weighted by atomic mass is 16.6. The number of nitrogens with zero attached hydrogens (tertiary/aromatic N) is 1. The Morgan fingerprint density at radius 1 is 1.40 bits per heavy atom. The van der Waals surface area contributed by atoms with Crippen molar-refractivity contribution in [2.24, 2.45) is 0 Å². The zero-order valence-electron chi connectivity index (χ0n) is 7.98. The standard InChI is InChI=1S/C10H8N2O3/c1-6-5-9(13)11-10-7(6)3-2-4-8(10)12(14)15/h2-5H,1H3,(H,11,13). The molecule has 0 aliphatic carbocycles. The molecule has 0 unspecified atom stereocenters. The van der Waals surface area contributed by atoms with Crippen LogP contribution in [-0.4, -0.2) is 9.91 Å². The molecule has 0 saturated carbocycles. The van der Waals surface area contributed by atoms with Gasteiger partial charge in [0.1, 0.15) is 5.52 Å². The van der Waals surface area contributed by atoms with Crippen LogP contribution in [0.25, 0.3) is 10.9 Å². The molecule has 0 aliphatic heterocycles. The maximum Gasteiger partial charge on any atom is 0.293 e. The van der Waals surface area contributed by atoms with Crippen LogP contribution in [0.1, 0.15) is 5.56 Å². The molecule has 0 radical (unpaired) electrons. The van der Waals surface area contributed by atoms with E-state index in [0.717, 1.165) is 5.56 Å². The zero-order valence-corrected chi connectivity index (χ0v) is 7.98. The minimum atomic E-state index is -0.502. The second kappa shape index (κ2) is 3.20. The first-order valence-corrected chi connectivity index (χ1v) is 4.36. The highest BCUT2D eigenvalue weighted by Gasteiger charge is 2.12. The first kappa shape index (κ1) is 9.39. The third-order valence-corrected chi connectivity index (χ3v) is 2.26. The van der Waals surface area contributed by atoms with E-state index in [2.05, 4.69) is 4.98 Å². The van der Waals surface area contributed by atoms with Gasteiger partial charge in [-0.1, -0.05) is 12.1 Å². The number of rotatable bonds is 1. The van der Waals surface area contributed by atoms with E-state index in [0.29, 0.717) is 5.39 Å². The lowest BCUT2D eigenvalue weighted by Gasteiger charge is -2.01. The highest BCUT2D eigenvalue weighted by molar-refractivity contribution is 5.89. The number of benzene rings is 1. The summed E-state index contributed by atoms with van der Waals surface area (Å²) in [5.41, 5.74) is 0.618. The fourth-order valence-corrected chi connectivity index (χ4v) is 1.59. The number of para-hydroxylation sites is 1. The van der Waals surface area contributed by atoms with Gasteiger partial charge in [0.25, 0.3) is 5.69 Å². The smallest absolute Gasteiger partial charge is 0.293 e. The molecule has 0 fully saturated rings. The Kier molecular flexibility index (Phi) is 2.00. The van der Waals surface area contributed by atoms with Crippen LogP contribution in [0.5, 0.6) is 0 Å². The van der Waals surface area contributed by atoms with Crippen LogP contribution in [0.4, 0.5) is 5.69 Å². The molecule has 1 N–H and O–H groups in total. The molecule has 2 aromatic rings. The van der Waals surface area contributed by atoms with E-state index in [1.54, 1.807) is 19.1 Å². The lowest BCUT2D eigenvalue weighted by molar-refractivity contribution is -0.383. The zero-order chi connectivity index (χ0) is 11.0. The van der Waals surface area contributed by atoms with Gasteiger partial charge in [0.05, 0.1) is 4.92 Å². The molecule has 1 aromatic carbocycles. The fraction of sp³-hybridized carbons (Fsp3) is 0.100. The van der Waals surface area contributed by atoms with E-state index < -0.39 is 4.92 Å². The number of nitro benzene ring substituents is 1. The Balaban J connectivity index is 2.97. The molecule has 0 spiro atoms. The number of nitro groups is 1. The van der Waals surface area contributed by atoms with E-state index in [4.69, 9.17) is 0 Å². The Morgan fingerprint density at radius 3 is 2.80 bits per heavy atom. The van der Waals surface area contributed by atoms with Crippen molar-refractivity contribution in [3.63, 3.8) is 0 Å². The van der Waals surface area contributed by atoms with E-state index in [-0.39, 0.29) is 16.8 Å². The van der Waals surface area contributed by atoms with Crippen molar-refractivity contribution in [3.8, 4) is 0 Å². The number of hydrogen-bond acceptors (Lipinski definition) is 3. The number of fused-ring (bicyclic) bond motifs is 1. The molecular weight excluding hydrogens is 196 g/mol. The van der Waals surface area contributed by atoms with Gasteiger partial charge in [0.15, 0.2) is 0 Å². The molecule has 5 nitrogen and oxygen atoms in total. The van der Waals surface area contributed by atoms with Crippen molar-refractivity contribution < 1.29 is 4.92 Å². The van der Waals surface area contributed by atoms with Gasteiger partial charge in [-0.2, -0.15) is 0 Å². The van der Waals surface area contributed by atoms with Crippen LogP contribution in [0, 0.1) is 17.0 Å². The first-order valence-electron chi connectivity index (χ1n) is 4.36. The molecule has 0 aliphatic rings. The Morgan fingerprint density at radius 2 is 2.13 bits per heavy atom. The molecule has 0 atom stereocenters. The topological polar surface area (TPSA) is 76.0 Å². The highest BCUT2D eigenvalue weighted by Crippen LogP contribution is 2.23. The second-order valence-electron chi connectivity index (χ2n) is 3.27. The van der Waals surface area contributed by atoms with Gasteiger partial charge in [0.2, 0.25) is 5.56 Å². The molecule has 0 saturated heterocycles. The summed E-state index contributed by atoms with van der Waals surface area (Å²) >= 11 is 0. The number of aromatic amines is 1. The van der Waals surface area contributed by atoms with Crippen LogP contribution in [-0.2, 0) is 0 Å². The van der Waals surface area contributed by atoms with Crippen molar-refractivity contribution in [1.29, 1.82) is 0 Å². The minimum Gasteiger partial charge on any atom is -0.316 e. The van der Waals surface area contributed by atoms with Gasteiger partial charge < -0.3 is 4.98 Å². The summed E-state index contributed by atoms with van der Waals surface area (Å²) in [6.45, 7) is 1.75. The van der Waals surface area contributed by atoms with Crippen LogP contribution >= 0.6 is 0 Å². The monoisotopic (exact) mass is 204 g/mol. The summed E-state index contributed by atoms with van der Waals surface area (Å²) in [6, 6.07) is 6.14. The van der Waals surface area contributed by atoms with Gasteiger partial charge in [-0.05, 0) is 12.5 Å². The van der Waals surface area contributed by atoms with Crippen molar-refractivity contribution in [2.45, 2.75) is 6.92 Å². The molecule has 0 amide bonds. The van der Waals surface area contributed by atoms with Gasteiger partial charge in [-0.3, -0.25) is 14.9 Å². The summed E-state index contributed by atoms with van der Waals surface area (Å²) in [5.74, 6) is 0. The first-order chi connectivity index (χ1) is 7.09. The SMILES string of the molecule is Cc1cc(=O)[nH]c2c([N+](=O)[O-])cccc12. The lowest BCUT2D eigenvalue weighted by atomic mass is 10.1. The average Bonchev–Trinajstić information content (AvgIpc) is 2.16. The largest absolute Gasteiger partial charge is 0.316 e. The molecule has 76 valence electrons. The van der Waals surface area contributed by atoms with E-state index in [9.17, 15) is 14.9 Å². The van der Waals surface area contributed by atoms with Crippen LogP contribution in [0.2, 0.25) is 0 Å². The molecule has 2 rings (SSSR count). The van der Waals surface area contributed by atoms with Gasteiger partial charge >= 0.3 is 0 Å². The number of hydrogen-bond donors (Lipinski definition) is 1. The van der Waals surface area contributed by atoms with E-state index in [1.807, 2.05) is 0 Å². The van der Waals surface area contributed by atoms with Crippen molar-refractivity contribution in [2.75, 3.05) is 0 Å². The summed E-state index contributed by atoms with van der Waals surface area (Å²) < 4.78 is 0. The molecule has 15 heavy (non-hydrogen) atoms. The maximum atomic E-state index is 11.2. The summed E-state index contributed by atoms with van der Waals surface area (Å²) in [4.78, 5) is 23.9. The van der Waals surface area contributed by atoms with E-state index >= 15 is 0 Å². The maximum absolute atomic E-state index is 11.2. The third-order valence-electron chi connectivity index (χ3n) is 2.26. The average molecular weight is 204 g/mol. The molecule has 0 bridgehead atoms. The molecule has 5 heteroatoms. The second-order valence-corrected chi connectivity index (χ2v) is 3.27. The number of aryl methyl sites for hydroxylation is 1. The van der Waals surface area contributed by atoms with Crippen LogP contribution in [0.15, 0.2) is 29.1 Å². The predicted octanol–water partition coefficient (Wildman–Crippen LogP) is 1.74. The van der Waals surface area contributed by atoms with Gasteiger partial charge in [0, 0.05) is 17.5 Å². The predicted molar refractivity (Wildman–Crippen MR) is 56.0 cm³/mol. The summed E-state index contributed by atoms with van der Waals surface area (Å²) in [5, 5.41) is 11.4. The Hall–Kier alpha value is -2.17. The Bertz CT molecular complexity index is 601. The van der Waals surface area contributed by atoms with E-state index in [1.165, 1.54) is 12.1 Å². The Labute approximate surface area is 84.5 Å². The lowest BCUT2D eigenvalue weighted by Crippen LogP contribution is -2.06. The minimum absolute atomic E-state index is 0.0756. The van der Waals surface area contributed by atoms with Crippen molar-refractivity contribution in [1.82, 2.24) is 4.98 Å². The summed E-state index contributed by atoms with van der Waals surface area (Å²) in [6.07, 6.45) is 0. The number of pyridine rings is 1. The van der Waals surface area contributed by atoms with Crippen molar-refractivity contribution in [3.05, 3.63) is 50.3 Å². The number of non-ortho nitro benzene ring substituents is 1. The molecule has 1 heterocycles. The summed E-state index contributed by atoms with van der Waals surface area (Å²) in [7, 11) is 0. The van der Waals surface area contributed by atoms with Crippen LogP contribution in [0.3, 0.4) is 0 Å². The third kappa shape index (κ3) is 1.48. The quantitative estimate of drug-likeness (QED) is 0.567. The van der Waals surface area contributed by atoms with Gasteiger partial charge in [-0.25, -0.2) is 0 Å². The molecular formula is C10H8N2O3. The van der Waals surface area contributed by atoms with Crippen molar-refractivity contribution >= 4 is 16.6 Å². The van der Waals surface area contributed by atoms with Gasteiger partial charge in [-0.15, -0.1) is 0 Å². The number of aromatic nitrogens is 1.